The van der Waals surface area contributed by atoms with E-state index in [4.69, 9.17) is 0 Å². The molecule has 180 valence electrons. The van der Waals surface area contributed by atoms with Crippen LogP contribution in [0, 0.1) is 0 Å². The van der Waals surface area contributed by atoms with Crippen LogP contribution in [0.25, 0.3) is 0 Å². The molecule has 1 atom stereocenters. The molecule has 0 spiro atoms. The molecule has 0 aliphatic heterocycles. The molecule has 1 unspecified atom stereocenters. The summed E-state index contributed by atoms with van der Waals surface area (Å²) in [7, 11) is 4.19. The Morgan fingerprint density at radius 3 is 1.63 bits per heavy atom. The minimum Gasteiger partial charge on any atom is -0.340 e. The van der Waals surface area contributed by atoms with E-state index in [1.165, 1.54) is 96.3 Å². The highest BCUT2D eigenvalue weighted by Crippen LogP contribution is 2.18. The average Bonchev–Trinajstić information content (AvgIpc) is 2.72. The number of carbonyl (C=O) groups is 1. The predicted molar refractivity (Wildman–Crippen MR) is 134 cm³/mol. The Kier molecular flexibility index (Phi) is 21.2. The van der Waals surface area contributed by atoms with Crippen LogP contribution in [0.5, 0.6) is 0 Å². The number of rotatable bonds is 22. The van der Waals surface area contributed by atoms with E-state index < -0.39 is 0 Å². The van der Waals surface area contributed by atoms with Gasteiger partial charge in [0.05, 0.1) is 0 Å². The summed E-state index contributed by atoms with van der Waals surface area (Å²) in [6.07, 6.45) is 22.6. The lowest BCUT2D eigenvalue weighted by Gasteiger charge is -2.32. The fraction of sp³-hybridized carbons (Fsp3) is 0.963. The summed E-state index contributed by atoms with van der Waals surface area (Å²) in [5, 5.41) is 0. The molecule has 0 aliphatic carbocycles. The quantitative estimate of drug-likeness (QED) is 0.165. The molecule has 0 saturated heterocycles. The van der Waals surface area contributed by atoms with E-state index in [1.54, 1.807) is 0 Å². The number of unbranched alkanes of at least 4 members (excludes halogenated alkanes) is 12. The van der Waals surface area contributed by atoms with Crippen molar-refractivity contribution in [1.82, 2.24) is 9.80 Å². The lowest BCUT2D eigenvalue weighted by molar-refractivity contribution is -0.134. The third kappa shape index (κ3) is 17.1. The summed E-state index contributed by atoms with van der Waals surface area (Å²) in [4.78, 5) is 17.5. The smallest absolute Gasteiger partial charge is 0.222 e. The van der Waals surface area contributed by atoms with E-state index in [0.29, 0.717) is 18.4 Å². The Morgan fingerprint density at radius 2 is 1.13 bits per heavy atom. The molecule has 0 bridgehead atoms. The minimum absolute atomic E-state index is 0.401. The van der Waals surface area contributed by atoms with Gasteiger partial charge in [0.1, 0.15) is 0 Å². The second kappa shape index (κ2) is 21.7. The lowest BCUT2D eigenvalue weighted by Crippen LogP contribution is -2.41. The molecule has 30 heavy (non-hydrogen) atoms. The first-order valence-electron chi connectivity index (χ1n) is 13.5. The Labute approximate surface area is 190 Å². The number of carbonyl (C=O) groups excluding carboxylic acids is 1. The molecule has 3 nitrogen and oxygen atoms in total. The van der Waals surface area contributed by atoms with E-state index >= 15 is 0 Å². The third-order valence-corrected chi connectivity index (χ3v) is 6.37. The van der Waals surface area contributed by atoms with Crippen LogP contribution in [0.2, 0.25) is 0 Å². The van der Waals surface area contributed by atoms with Crippen molar-refractivity contribution in [1.29, 1.82) is 0 Å². The molecule has 0 aromatic heterocycles. The monoisotopic (exact) mass is 424 g/mol. The summed E-state index contributed by atoms with van der Waals surface area (Å²) in [6, 6.07) is 0.451. The highest BCUT2D eigenvalue weighted by atomic mass is 16.2. The number of nitrogens with zero attached hydrogens (tertiary/aromatic N) is 2. The van der Waals surface area contributed by atoms with Crippen LogP contribution in [0.3, 0.4) is 0 Å². The van der Waals surface area contributed by atoms with E-state index in [1.807, 2.05) is 0 Å². The lowest BCUT2D eigenvalue weighted by atomic mass is 10.0. The summed E-state index contributed by atoms with van der Waals surface area (Å²) in [5.74, 6) is 0.401. The van der Waals surface area contributed by atoms with Crippen molar-refractivity contribution in [2.45, 2.75) is 142 Å². The summed E-state index contributed by atoms with van der Waals surface area (Å²) < 4.78 is 0. The standard InChI is InChI=1S/C27H56N2O/c1-6-9-11-13-15-16-18-20-25-29(27(30)23-21-24-28(4)5)26(8-3)22-19-17-14-12-10-7-2/h26H,6-25H2,1-5H3. The molecule has 0 rings (SSSR count). The highest BCUT2D eigenvalue weighted by molar-refractivity contribution is 5.76. The highest BCUT2D eigenvalue weighted by Gasteiger charge is 2.21. The van der Waals surface area contributed by atoms with Gasteiger partial charge in [0.25, 0.3) is 0 Å². The van der Waals surface area contributed by atoms with Crippen LogP contribution in [-0.4, -0.2) is 48.9 Å². The topological polar surface area (TPSA) is 23.6 Å². The molecule has 0 fully saturated rings. The Balaban J connectivity index is 4.42. The van der Waals surface area contributed by atoms with Crippen molar-refractivity contribution < 1.29 is 4.79 Å². The molecule has 0 aliphatic rings. The first-order chi connectivity index (χ1) is 14.6. The average molecular weight is 425 g/mol. The minimum atomic E-state index is 0.401. The molecular formula is C27H56N2O. The van der Waals surface area contributed by atoms with Gasteiger partial charge in [-0.2, -0.15) is 0 Å². The normalized spacial score (nSPS) is 12.5. The van der Waals surface area contributed by atoms with Crippen LogP contribution in [-0.2, 0) is 4.79 Å². The molecule has 0 radical (unpaired) electrons. The Hall–Kier alpha value is -0.570. The molecule has 0 saturated carbocycles. The number of hydrogen-bond acceptors (Lipinski definition) is 2. The van der Waals surface area contributed by atoms with Crippen LogP contribution >= 0.6 is 0 Å². The van der Waals surface area contributed by atoms with Crippen molar-refractivity contribution in [3.05, 3.63) is 0 Å². The van der Waals surface area contributed by atoms with Crippen molar-refractivity contribution >= 4 is 5.91 Å². The Morgan fingerprint density at radius 1 is 0.633 bits per heavy atom. The fourth-order valence-corrected chi connectivity index (χ4v) is 4.36. The maximum atomic E-state index is 13.0. The van der Waals surface area contributed by atoms with Gasteiger partial charge in [0.15, 0.2) is 0 Å². The maximum Gasteiger partial charge on any atom is 0.222 e. The maximum absolute atomic E-state index is 13.0. The zero-order chi connectivity index (χ0) is 22.5. The van der Waals surface area contributed by atoms with Crippen LogP contribution in [0.1, 0.15) is 136 Å². The summed E-state index contributed by atoms with van der Waals surface area (Å²) in [5.41, 5.74) is 0. The molecule has 0 aromatic rings. The van der Waals surface area contributed by atoms with Crippen LogP contribution < -0.4 is 0 Å². The first kappa shape index (κ1) is 29.4. The van der Waals surface area contributed by atoms with E-state index in [0.717, 1.165) is 25.9 Å². The largest absolute Gasteiger partial charge is 0.340 e. The summed E-state index contributed by atoms with van der Waals surface area (Å²) in [6.45, 7) is 8.81. The van der Waals surface area contributed by atoms with E-state index in [2.05, 4.69) is 44.7 Å². The van der Waals surface area contributed by atoms with Crippen molar-refractivity contribution in [3.8, 4) is 0 Å². The van der Waals surface area contributed by atoms with Gasteiger partial charge >= 0.3 is 0 Å². The van der Waals surface area contributed by atoms with Gasteiger partial charge in [-0.3, -0.25) is 4.79 Å². The first-order valence-corrected chi connectivity index (χ1v) is 13.5. The van der Waals surface area contributed by atoms with E-state index in [-0.39, 0.29) is 0 Å². The van der Waals surface area contributed by atoms with Gasteiger partial charge in [-0.05, 0) is 46.3 Å². The number of amides is 1. The molecule has 0 heterocycles. The van der Waals surface area contributed by atoms with Gasteiger partial charge in [-0.1, -0.05) is 104 Å². The van der Waals surface area contributed by atoms with Crippen LogP contribution in [0.15, 0.2) is 0 Å². The second-order valence-corrected chi connectivity index (χ2v) is 9.59. The van der Waals surface area contributed by atoms with Crippen molar-refractivity contribution in [2.24, 2.45) is 0 Å². The summed E-state index contributed by atoms with van der Waals surface area (Å²) >= 11 is 0. The molecule has 0 N–H and O–H groups in total. The van der Waals surface area contributed by atoms with Gasteiger partial charge in [0.2, 0.25) is 5.91 Å². The van der Waals surface area contributed by atoms with Crippen molar-refractivity contribution in [3.63, 3.8) is 0 Å². The zero-order valence-corrected chi connectivity index (χ0v) is 21.5. The third-order valence-electron chi connectivity index (χ3n) is 6.37. The molecule has 3 heteroatoms. The van der Waals surface area contributed by atoms with Gasteiger partial charge in [-0.25, -0.2) is 0 Å². The van der Waals surface area contributed by atoms with Crippen LogP contribution in [0.4, 0.5) is 0 Å². The predicted octanol–water partition coefficient (Wildman–Crippen LogP) is 7.83. The molecule has 0 aromatic carbocycles. The Bertz CT molecular complexity index is 370. The van der Waals surface area contributed by atoms with Gasteiger partial charge in [-0.15, -0.1) is 0 Å². The number of hydrogen-bond donors (Lipinski definition) is 0. The molecule has 1 amide bonds. The molecular weight excluding hydrogens is 368 g/mol. The van der Waals surface area contributed by atoms with E-state index in [9.17, 15) is 4.79 Å². The van der Waals surface area contributed by atoms with Gasteiger partial charge in [0, 0.05) is 19.0 Å². The second-order valence-electron chi connectivity index (χ2n) is 9.59. The SMILES string of the molecule is CCCCCCCCCCN(C(=O)CCCN(C)C)C(CC)CCCCCCCC. The van der Waals surface area contributed by atoms with Crippen molar-refractivity contribution in [2.75, 3.05) is 27.2 Å². The van der Waals surface area contributed by atoms with Gasteiger partial charge < -0.3 is 9.80 Å². The zero-order valence-electron chi connectivity index (χ0n) is 21.5. The fourth-order valence-electron chi connectivity index (χ4n) is 4.36.